The van der Waals surface area contributed by atoms with E-state index >= 15 is 0 Å². The molecule has 0 atom stereocenters. The molecule has 1 aromatic rings. The van der Waals surface area contributed by atoms with Crippen LogP contribution in [0.15, 0.2) is 18.2 Å². The normalized spacial score (nSPS) is 16.4. The van der Waals surface area contributed by atoms with Crippen LogP contribution in [0.25, 0.3) is 0 Å². The topological polar surface area (TPSA) is 85.4 Å². The quantitative estimate of drug-likeness (QED) is 0.646. The summed E-state index contributed by atoms with van der Waals surface area (Å²) >= 11 is 0. The number of rotatable bonds is 5. The van der Waals surface area contributed by atoms with E-state index in [1.807, 2.05) is 6.07 Å². The van der Waals surface area contributed by atoms with Crippen LogP contribution >= 0.6 is 0 Å². The second-order valence-corrected chi connectivity index (χ2v) is 5.14. The molecule has 1 N–H and O–H groups in total. The maximum absolute atomic E-state index is 11.1. The Kier molecular flexibility index (Phi) is 5.09. The second-order valence-electron chi connectivity index (χ2n) is 5.14. The molecule has 1 heterocycles. The van der Waals surface area contributed by atoms with Crippen molar-refractivity contribution in [2.24, 2.45) is 0 Å². The van der Waals surface area contributed by atoms with Crippen molar-refractivity contribution in [3.8, 4) is 6.07 Å². The summed E-state index contributed by atoms with van der Waals surface area (Å²) in [6.45, 7) is 5.58. The van der Waals surface area contributed by atoms with Crippen LogP contribution in [-0.4, -0.2) is 61.0 Å². The largest absolute Gasteiger partial charge is 0.378 e. The van der Waals surface area contributed by atoms with Crippen LogP contribution in [0.1, 0.15) is 5.56 Å². The standard InChI is InChI=1S/C14H19N5O2/c1-17-7-9-18(10-8-17)6-5-16-13-4-2-3-12(11-15)14(13)19(20)21/h2-4,16H,5-10H2,1H3. The summed E-state index contributed by atoms with van der Waals surface area (Å²) in [7, 11) is 2.10. The van der Waals surface area contributed by atoms with E-state index in [2.05, 4.69) is 22.2 Å². The third-order valence-corrected chi connectivity index (χ3v) is 3.68. The molecule has 1 saturated heterocycles. The fourth-order valence-electron chi connectivity index (χ4n) is 2.39. The molecule has 1 aliphatic heterocycles. The average Bonchev–Trinajstić information content (AvgIpc) is 2.48. The number of nitrogens with zero attached hydrogens (tertiary/aromatic N) is 4. The van der Waals surface area contributed by atoms with Gasteiger partial charge in [-0.25, -0.2) is 0 Å². The van der Waals surface area contributed by atoms with Crippen molar-refractivity contribution < 1.29 is 4.92 Å². The molecular formula is C14H19N5O2. The molecule has 0 amide bonds. The predicted molar refractivity (Wildman–Crippen MR) is 80.2 cm³/mol. The van der Waals surface area contributed by atoms with Gasteiger partial charge >= 0.3 is 5.69 Å². The maximum atomic E-state index is 11.1. The van der Waals surface area contributed by atoms with E-state index in [4.69, 9.17) is 5.26 Å². The Labute approximate surface area is 123 Å². The van der Waals surface area contributed by atoms with Crippen molar-refractivity contribution in [1.29, 1.82) is 5.26 Å². The van der Waals surface area contributed by atoms with E-state index in [1.54, 1.807) is 12.1 Å². The van der Waals surface area contributed by atoms with Crippen molar-refractivity contribution in [2.75, 3.05) is 51.6 Å². The smallest absolute Gasteiger partial charge is 0.309 e. The molecule has 0 spiro atoms. The van der Waals surface area contributed by atoms with Gasteiger partial charge in [0.1, 0.15) is 17.3 Å². The van der Waals surface area contributed by atoms with Crippen LogP contribution in [0, 0.1) is 21.4 Å². The minimum absolute atomic E-state index is 0.0876. The molecule has 0 saturated carbocycles. The molecule has 0 aliphatic carbocycles. The van der Waals surface area contributed by atoms with Gasteiger partial charge in [0.2, 0.25) is 0 Å². The first-order valence-corrected chi connectivity index (χ1v) is 6.94. The fourth-order valence-corrected chi connectivity index (χ4v) is 2.39. The van der Waals surface area contributed by atoms with Crippen LogP contribution in [0.5, 0.6) is 0 Å². The Bertz CT molecular complexity index is 547. The summed E-state index contributed by atoms with van der Waals surface area (Å²) in [6, 6.07) is 6.62. The minimum atomic E-state index is -0.503. The number of para-hydroxylation sites is 1. The maximum Gasteiger partial charge on any atom is 0.309 e. The highest BCUT2D eigenvalue weighted by atomic mass is 16.6. The molecule has 0 radical (unpaired) electrons. The van der Waals surface area contributed by atoms with Gasteiger partial charge in [-0.1, -0.05) is 6.07 Å². The molecule has 21 heavy (non-hydrogen) atoms. The van der Waals surface area contributed by atoms with Crippen LogP contribution < -0.4 is 5.32 Å². The number of hydrogen-bond acceptors (Lipinski definition) is 6. The first-order chi connectivity index (χ1) is 10.1. The summed E-state index contributed by atoms with van der Waals surface area (Å²) in [5, 5.41) is 23.1. The van der Waals surface area contributed by atoms with Gasteiger partial charge in [-0.3, -0.25) is 15.0 Å². The summed E-state index contributed by atoms with van der Waals surface area (Å²) in [6.07, 6.45) is 0. The second kappa shape index (κ2) is 7.02. The molecule has 0 aromatic heterocycles. The zero-order chi connectivity index (χ0) is 15.2. The molecule has 0 bridgehead atoms. The van der Waals surface area contributed by atoms with Gasteiger partial charge in [-0.05, 0) is 19.2 Å². The van der Waals surface area contributed by atoms with Gasteiger partial charge in [0, 0.05) is 39.3 Å². The van der Waals surface area contributed by atoms with E-state index in [9.17, 15) is 10.1 Å². The molecule has 1 aromatic carbocycles. The van der Waals surface area contributed by atoms with Crippen LogP contribution in [0.3, 0.4) is 0 Å². The lowest BCUT2D eigenvalue weighted by Gasteiger charge is -2.32. The Morgan fingerprint density at radius 1 is 1.38 bits per heavy atom. The molecule has 7 nitrogen and oxygen atoms in total. The Hall–Kier alpha value is -2.17. The molecule has 2 rings (SSSR count). The molecular weight excluding hydrogens is 270 g/mol. The molecule has 7 heteroatoms. The molecule has 1 aliphatic rings. The van der Waals surface area contributed by atoms with Gasteiger partial charge in [-0.2, -0.15) is 5.26 Å². The number of hydrogen-bond donors (Lipinski definition) is 1. The number of nitro groups is 1. The number of piperazine rings is 1. The summed E-state index contributed by atoms with van der Waals surface area (Å²) < 4.78 is 0. The lowest BCUT2D eigenvalue weighted by atomic mass is 10.1. The first kappa shape index (κ1) is 15.2. The molecule has 0 unspecified atom stereocenters. The zero-order valence-corrected chi connectivity index (χ0v) is 12.1. The summed E-state index contributed by atoms with van der Waals surface area (Å²) in [5.74, 6) is 0. The predicted octanol–water partition coefficient (Wildman–Crippen LogP) is 1.13. The monoisotopic (exact) mass is 289 g/mol. The minimum Gasteiger partial charge on any atom is -0.378 e. The van der Waals surface area contributed by atoms with E-state index in [1.165, 1.54) is 6.07 Å². The number of nitrogens with one attached hydrogen (secondary N) is 1. The van der Waals surface area contributed by atoms with Gasteiger partial charge in [0.25, 0.3) is 0 Å². The third-order valence-electron chi connectivity index (χ3n) is 3.68. The van der Waals surface area contributed by atoms with Crippen molar-refractivity contribution in [1.82, 2.24) is 9.80 Å². The van der Waals surface area contributed by atoms with Crippen LogP contribution in [-0.2, 0) is 0 Å². The lowest BCUT2D eigenvalue weighted by Crippen LogP contribution is -2.45. The van der Waals surface area contributed by atoms with Gasteiger partial charge in [-0.15, -0.1) is 0 Å². The number of likely N-dealkylation sites (N-methyl/N-ethyl adjacent to an activating group) is 1. The number of nitro benzene ring substituents is 1. The van der Waals surface area contributed by atoms with Crippen molar-refractivity contribution >= 4 is 11.4 Å². The van der Waals surface area contributed by atoms with Gasteiger partial charge in [0.15, 0.2) is 0 Å². The summed E-state index contributed by atoms with van der Waals surface area (Å²) in [5.41, 5.74) is 0.358. The number of benzene rings is 1. The Morgan fingerprint density at radius 2 is 2.10 bits per heavy atom. The Balaban J connectivity index is 1.94. The molecule has 1 fully saturated rings. The number of anilines is 1. The van der Waals surface area contributed by atoms with Crippen molar-refractivity contribution in [2.45, 2.75) is 0 Å². The van der Waals surface area contributed by atoms with Crippen molar-refractivity contribution in [3.05, 3.63) is 33.9 Å². The van der Waals surface area contributed by atoms with Crippen LogP contribution in [0.4, 0.5) is 11.4 Å². The highest BCUT2D eigenvalue weighted by Crippen LogP contribution is 2.27. The van der Waals surface area contributed by atoms with Crippen LogP contribution in [0.2, 0.25) is 0 Å². The first-order valence-electron chi connectivity index (χ1n) is 6.94. The fraction of sp³-hybridized carbons (Fsp3) is 0.500. The molecule has 112 valence electrons. The Morgan fingerprint density at radius 3 is 2.71 bits per heavy atom. The van der Waals surface area contributed by atoms with E-state index in [0.29, 0.717) is 12.2 Å². The third kappa shape index (κ3) is 3.90. The van der Waals surface area contributed by atoms with E-state index < -0.39 is 4.92 Å². The van der Waals surface area contributed by atoms with E-state index in [0.717, 1.165) is 32.7 Å². The van der Waals surface area contributed by atoms with Gasteiger partial charge in [0.05, 0.1) is 4.92 Å². The lowest BCUT2D eigenvalue weighted by molar-refractivity contribution is -0.384. The highest BCUT2D eigenvalue weighted by molar-refractivity contribution is 5.68. The van der Waals surface area contributed by atoms with Crippen molar-refractivity contribution in [3.63, 3.8) is 0 Å². The zero-order valence-electron chi connectivity index (χ0n) is 12.1. The van der Waals surface area contributed by atoms with E-state index in [-0.39, 0.29) is 11.3 Å². The van der Waals surface area contributed by atoms with Gasteiger partial charge < -0.3 is 10.2 Å². The number of nitriles is 1. The highest BCUT2D eigenvalue weighted by Gasteiger charge is 2.19. The summed E-state index contributed by atoms with van der Waals surface area (Å²) in [4.78, 5) is 15.2. The SMILES string of the molecule is CN1CCN(CCNc2cccc(C#N)c2[N+](=O)[O-])CC1. The average molecular weight is 289 g/mol.